The Morgan fingerprint density at radius 2 is 2.05 bits per heavy atom. The molecule has 0 aliphatic carbocycles. The highest BCUT2D eigenvalue weighted by Crippen LogP contribution is 2.17. The van der Waals surface area contributed by atoms with Crippen molar-refractivity contribution in [1.29, 1.82) is 0 Å². The van der Waals surface area contributed by atoms with Crippen LogP contribution in [0.5, 0.6) is 0 Å². The predicted molar refractivity (Wildman–Crippen MR) is 78.8 cm³/mol. The maximum atomic E-state index is 11.1. The molecule has 0 spiro atoms. The number of hydrogen-bond donors (Lipinski definition) is 2. The minimum atomic E-state index is -0.863. The lowest BCUT2D eigenvalue weighted by Gasteiger charge is -2.26. The first-order valence-corrected chi connectivity index (χ1v) is 7.46. The van der Waals surface area contributed by atoms with Crippen molar-refractivity contribution in [3.8, 4) is 0 Å². The molecule has 4 N–H and O–H groups in total. The molecule has 1 saturated heterocycles. The Morgan fingerprint density at radius 3 is 2.58 bits per heavy atom. The zero-order valence-electron chi connectivity index (χ0n) is 12.7. The van der Waals surface area contributed by atoms with Crippen LogP contribution in [0.4, 0.5) is 0 Å². The highest BCUT2D eigenvalue weighted by atomic mass is 16.1. The van der Waals surface area contributed by atoms with Crippen LogP contribution in [0.3, 0.4) is 0 Å². The molecule has 0 aromatic heterocycles. The van der Waals surface area contributed by atoms with Gasteiger partial charge in [-0.3, -0.25) is 9.69 Å². The fourth-order valence-electron chi connectivity index (χ4n) is 2.85. The van der Waals surface area contributed by atoms with Crippen molar-refractivity contribution in [3.63, 3.8) is 0 Å². The van der Waals surface area contributed by atoms with Gasteiger partial charge in [0.15, 0.2) is 0 Å². The maximum absolute atomic E-state index is 11.1. The van der Waals surface area contributed by atoms with Gasteiger partial charge in [-0.05, 0) is 52.4 Å². The highest BCUT2D eigenvalue weighted by Gasteiger charge is 2.28. The molecule has 1 fully saturated rings. The van der Waals surface area contributed by atoms with E-state index in [9.17, 15) is 4.79 Å². The molecular formula is C14H30N4O. The van der Waals surface area contributed by atoms with E-state index in [0.29, 0.717) is 12.5 Å². The minimum Gasteiger partial charge on any atom is -0.368 e. The molecule has 1 amide bonds. The van der Waals surface area contributed by atoms with E-state index in [1.165, 1.54) is 6.42 Å². The van der Waals surface area contributed by atoms with Gasteiger partial charge in [0.25, 0.3) is 0 Å². The maximum Gasteiger partial charge on any atom is 0.237 e. The molecule has 0 radical (unpaired) electrons. The standard InChI is InChI=1S/C14H30N4O/c1-4-18(5-2)12-7-10-17(11-12)9-6-8-14(3,16)13(15)19/h12H,4-11,16H2,1-3H3,(H2,15,19). The summed E-state index contributed by atoms with van der Waals surface area (Å²) in [6.07, 6.45) is 2.84. The van der Waals surface area contributed by atoms with Gasteiger partial charge < -0.3 is 16.4 Å². The van der Waals surface area contributed by atoms with E-state index >= 15 is 0 Å². The van der Waals surface area contributed by atoms with E-state index in [0.717, 1.165) is 39.1 Å². The largest absolute Gasteiger partial charge is 0.368 e. The normalized spacial score (nSPS) is 23.7. The first-order valence-electron chi connectivity index (χ1n) is 7.46. The smallest absolute Gasteiger partial charge is 0.237 e. The van der Waals surface area contributed by atoms with E-state index in [1.54, 1.807) is 6.92 Å². The first-order chi connectivity index (χ1) is 8.90. The van der Waals surface area contributed by atoms with E-state index in [-0.39, 0.29) is 0 Å². The van der Waals surface area contributed by atoms with Crippen molar-refractivity contribution >= 4 is 5.91 Å². The average Bonchev–Trinajstić information content (AvgIpc) is 2.79. The molecule has 2 atom stereocenters. The summed E-state index contributed by atoms with van der Waals surface area (Å²) in [7, 11) is 0. The predicted octanol–water partition coefficient (Wildman–Crippen LogP) is 0.385. The minimum absolute atomic E-state index is 0.407. The second kappa shape index (κ2) is 7.22. The SMILES string of the molecule is CCN(CC)C1CCN(CCCC(C)(N)C(N)=O)C1. The Hall–Kier alpha value is -0.650. The van der Waals surface area contributed by atoms with E-state index in [1.807, 2.05) is 0 Å². The number of amides is 1. The van der Waals surface area contributed by atoms with Gasteiger partial charge >= 0.3 is 0 Å². The third-order valence-corrected chi connectivity index (χ3v) is 4.31. The fourth-order valence-corrected chi connectivity index (χ4v) is 2.85. The second-order valence-corrected chi connectivity index (χ2v) is 5.85. The molecule has 19 heavy (non-hydrogen) atoms. The number of likely N-dealkylation sites (tertiary alicyclic amines) is 1. The molecular weight excluding hydrogens is 240 g/mol. The molecule has 1 heterocycles. The van der Waals surface area contributed by atoms with Gasteiger partial charge in [-0.2, -0.15) is 0 Å². The van der Waals surface area contributed by atoms with Crippen LogP contribution in [-0.2, 0) is 4.79 Å². The number of primary amides is 1. The van der Waals surface area contributed by atoms with Gasteiger partial charge in [0.2, 0.25) is 5.91 Å². The molecule has 112 valence electrons. The number of rotatable bonds is 8. The van der Waals surface area contributed by atoms with Crippen LogP contribution < -0.4 is 11.5 Å². The van der Waals surface area contributed by atoms with Crippen LogP contribution in [0.2, 0.25) is 0 Å². The average molecular weight is 270 g/mol. The van der Waals surface area contributed by atoms with Crippen LogP contribution >= 0.6 is 0 Å². The van der Waals surface area contributed by atoms with Crippen molar-refractivity contribution in [2.45, 2.75) is 51.6 Å². The number of carbonyl (C=O) groups excluding carboxylic acids is 1. The summed E-state index contributed by atoms with van der Waals surface area (Å²) >= 11 is 0. The summed E-state index contributed by atoms with van der Waals surface area (Å²) in [5, 5.41) is 0. The van der Waals surface area contributed by atoms with Crippen LogP contribution in [0, 0.1) is 0 Å². The van der Waals surface area contributed by atoms with E-state index in [2.05, 4.69) is 23.6 Å². The Labute approximate surface area is 117 Å². The summed E-state index contributed by atoms with van der Waals surface area (Å²) in [6.45, 7) is 11.7. The summed E-state index contributed by atoms with van der Waals surface area (Å²) in [6, 6.07) is 0.690. The Morgan fingerprint density at radius 1 is 1.42 bits per heavy atom. The van der Waals surface area contributed by atoms with Crippen molar-refractivity contribution < 1.29 is 4.79 Å². The van der Waals surface area contributed by atoms with E-state index < -0.39 is 11.4 Å². The number of likely N-dealkylation sites (N-methyl/N-ethyl adjacent to an activating group) is 1. The van der Waals surface area contributed by atoms with Gasteiger partial charge in [0.1, 0.15) is 0 Å². The molecule has 5 heteroatoms. The first kappa shape index (κ1) is 16.4. The van der Waals surface area contributed by atoms with E-state index in [4.69, 9.17) is 11.5 Å². The van der Waals surface area contributed by atoms with Gasteiger partial charge in [0.05, 0.1) is 5.54 Å². The molecule has 0 aromatic carbocycles. The lowest BCUT2D eigenvalue weighted by Crippen LogP contribution is -2.49. The number of carbonyl (C=O) groups is 1. The van der Waals surface area contributed by atoms with Crippen LogP contribution in [0.15, 0.2) is 0 Å². The molecule has 5 nitrogen and oxygen atoms in total. The summed E-state index contributed by atoms with van der Waals surface area (Å²) in [5.74, 6) is -0.407. The van der Waals surface area contributed by atoms with Gasteiger partial charge in [0, 0.05) is 12.6 Å². The zero-order chi connectivity index (χ0) is 14.5. The molecule has 1 aliphatic heterocycles. The lowest BCUT2D eigenvalue weighted by atomic mass is 9.96. The lowest BCUT2D eigenvalue weighted by molar-refractivity contribution is -0.122. The summed E-state index contributed by atoms with van der Waals surface area (Å²) in [4.78, 5) is 16.1. The van der Waals surface area contributed by atoms with Crippen molar-refractivity contribution in [3.05, 3.63) is 0 Å². The highest BCUT2D eigenvalue weighted by molar-refractivity contribution is 5.83. The van der Waals surface area contributed by atoms with Gasteiger partial charge in [-0.15, -0.1) is 0 Å². The quantitative estimate of drug-likeness (QED) is 0.669. The molecule has 2 unspecified atom stereocenters. The summed E-state index contributed by atoms with van der Waals surface area (Å²) in [5.41, 5.74) is 10.3. The fraction of sp³-hybridized carbons (Fsp3) is 0.929. The zero-order valence-corrected chi connectivity index (χ0v) is 12.7. The number of hydrogen-bond acceptors (Lipinski definition) is 4. The molecule has 1 aliphatic rings. The number of nitrogens with zero attached hydrogens (tertiary/aromatic N) is 2. The second-order valence-electron chi connectivity index (χ2n) is 5.85. The molecule has 0 saturated carbocycles. The number of nitrogens with two attached hydrogens (primary N) is 2. The monoisotopic (exact) mass is 270 g/mol. The topological polar surface area (TPSA) is 75.6 Å². The van der Waals surface area contributed by atoms with Crippen LogP contribution in [0.25, 0.3) is 0 Å². The Bertz CT molecular complexity index is 289. The third kappa shape index (κ3) is 4.75. The van der Waals surface area contributed by atoms with Gasteiger partial charge in [-0.25, -0.2) is 0 Å². The Balaban J connectivity index is 2.28. The van der Waals surface area contributed by atoms with Crippen molar-refractivity contribution in [2.75, 3.05) is 32.7 Å². The molecule has 0 bridgehead atoms. The van der Waals surface area contributed by atoms with Gasteiger partial charge in [-0.1, -0.05) is 13.8 Å². The Kier molecular flexibility index (Phi) is 6.23. The van der Waals surface area contributed by atoms with Crippen molar-refractivity contribution in [2.24, 2.45) is 11.5 Å². The third-order valence-electron chi connectivity index (χ3n) is 4.31. The molecule has 1 rings (SSSR count). The van der Waals surface area contributed by atoms with Crippen LogP contribution in [0.1, 0.15) is 40.0 Å². The summed E-state index contributed by atoms with van der Waals surface area (Å²) < 4.78 is 0. The van der Waals surface area contributed by atoms with Crippen LogP contribution in [-0.4, -0.2) is 60.0 Å². The molecule has 0 aromatic rings. The van der Waals surface area contributed by atoms with Crippen molar-refractivity contribution in [1.82, 2.24) is 9.80 Å².